The number of carbonyl (C=O) groups excluding carboxylic acids is 1. The zero-order valence-electron chi connectivity index (χ0n) is 14.8. The van der Waals surface area contributed by atoms with Crippen molar-refractivity contribution < 1.29 is 23.2 Å². The number of Topliss-reactive ketones (excluding diaryl/α,β-unsaturated/α-hetero) is 1. The molecule has 7 nitrogen and oxygen atoms in total. The summed E-state index contributed by atoms with van der Waals surface area (Å²) in [7, 11) is -2.55. The lowest BCUT2D eigenvalue weighted by Crippen LogP contribution is -2.49. The molecule has 2 unspecified atom stereocenters. The van der Waals surface area contributed by atoms with Gasteiger partial charge in [-0.3, -0.25) is 10.0 Å². The van der Waals surface area contributed by atoms with Gasteiger partial charge in [0, 0.05) is 12.8 Å². The minimum Gasteiger partial charge on any atom is -0.497 e. The van der Waals surface area contributed by atoms with Gasteiger partial charge in [0.15, 0.2) is 0 Å². The molecule has 1 saturated carbocycles. The zero-order chi connectivity index (χ0) is 20.5. The van der Waals surface area contributed by atoms with E-state index in [1.54, 1.807) is 6.07 Å². The molecule has 2 aromatic rings. The maximum atomic E-state index is 12.5. The van der Waals surface area contributed by atoms with Crippen LogP contribution >= 0.6 is 34.5 Å². The highest BCUT2D eigenvalue weighted by molar-refractivity contribution is 7.89. The molecule has 0 saturated heterocycles. The SMILES string of the molecule is COc1ccc(S(=O)(=O)NN(O)C2CC(=O)CC(c3cc(Cl)sc3Cl)C2)cc1. The van der Waals surface area contributed by atoms with Crippen molar-refractivity contribution in [1.82, 2.24) is 10.0 Å². The Morgan fingerprint density at radius 3 is 2.50 bits per heavy atom. The van der Waals surface area contributed by atoms with E-state index in [1.165, 1.54) is 42.7 Å². The Morgan fingerprint density at radius 2 is 1.93 bits per heavy atom. The van der Waals surface area contributed by atoms with E-state index >= 15 is 0 Å². The maximum absolute atomic E-state index is 12.5. The van der Waals surface area contributed by atoms with Gasteiger partial charge >= 0.3 is 0 Å². The van der Waals surface area contributed by atoms with Crippen LogP contribution in [0.2, 0.25) is 8.67 Å². The molecule has 1 aromatic carbocycles. The molecule has 152 valence electrons. The number of ether oxygens (including phenoxy) is 1. The summed E-state index contributed by atoms with van der Waals surface area (Å²) in [5.74, 6) is 0.164. The van der Waals surface area contributed by atoms with Gasteiger partial charge in [0.25, 0.3) is 10.0 Å². The molecule has 1 fully saturated rings. The van der Waals surface area contributed by atoms with Gasteiger partial charge in [-0.25, -0.2) is 8.42 Å². The average Bonchev–Trinajstić information content (AvgIpc) is 2.99. The molecular formula is C17H18Cl2N2O5S2. The Kier molecular flexibility index (Phi) is 6.65. The van der Waals surface area contributed by atoms with E-state index in [1.807, 2.05) is 0 Å². The maximum Gasteiger partial charge on any atom is 0.255 e. The van der Waals surface area contributed by atoms with Crippen LogP contribution in [0, 0.1) is 0 Å². The van der Waals surface area contributed by atoms with Crippen LogP contribution in [-0.2, 0) is 14.8 Å². The van der Waals surface area contributed by atoms with Gasteiger partial charge in [0.05, 0.1) is 26.7 Å². The van der Waals surface area contributed by atoms with Gasteiger partial charge in [-0.15, -0.1) is 21.3 Å². The van der Waals surface area contributed by atoms with Crippen LogP contribution in [0.4, 0.5) is 0 Å². The first-order chi connectivity index (χ1) is 13.2. The first kappa shape index (κ1) is 21.5. The summed E-state index contributed by atoms with van der Waals surface area (Å²) in [5, 5.41) is 10.8. The third-order valence-electron chi connectivity index (χ3n) is 4.55. The summed E-state index contributed by atoms with van der Waals surface area (Å²) >= 11 is 13.4. The molecule has 1 aromatic heterocycles. The number of benzene rings is 1. The van der Waals surface area contributed by atoms with Crippen molar-refractivity contribution in [2.75, 3.05) is 7.11 Å². The molecule has 28 heavy (non-hydrogen) atoms. The first-order valence-corrected chi connectivity index (χ1v) is 11.4. The number of methoxy groups -OCH3 is 1. The third-order valence-corrected chi connectivity index (χ3v) is 7.38. The number of hydrazine groups is 1. The van der Waals surface area contributed by atoms with Crippen LogP contribution in [0.15, 0.2) is 35.2 Å². The van der Waals surface area contributed by atoms with E-state index in [4.69, 9.17) is 27.9 Å². The topological polar surface area (TPSA) is 95.9 Å². The number of nitrogens with zero attached hydrogens (tertiary/aromatic N) is 1. The van der Waals surface area contributed by atoms with E-state index in [9.17, 15) is 18.4 Å². The monoisotopic (exact) mass is 464 g/mol. The van der Waals surface area contributed by atoms with Crippen LogP contribution in [-0.4, -0.2) is 37.7 Å². The van der Waals surface area contributed by atoms with Crippen molar-refractivity contribution in [1.29, 1.82) is 0 Å². The molecule has 0 bridgehead atoms. The highest BCUT2D eigenvalue weighted by Crippen LogP contribution is 2.41. The number of halogens is 2. The predicted octanol–water partition coefficient (Wildman–Crippen LogP) is 3.85. The molecule has 2 atom stereocenters. The molecule has 0 spiro atoms. The molecule has 0 amide bonds. The lowest BCUT2D eigenvalue weighted by molar-refractivity contribution is -0.162. The largest absolute Gasteiger partial charge is 0.497 e. The number of ketones is 1. The van der Waals surface area contributed by atoms with Gasteiger partial charge in [0.2, 0.25) is 0 Å². The lowest BCUT2D eigenvalue weighted by Gasteiger charge is -2.32. The second-order valence-electron chi connectivity index (χ2n) is 6.43. The van der Waals surface area contributed by atoms with Crippen LogP contribution in [0.5, 0.6) is 5.75 Å². The standard InChI is InChI=1S/C17H18Cl2N2O5S2/c1-26-13-2-4-14(5-3-13)28(24,25)20-21(23)11-6-10(7-12(22)8-11)15-9-16(18)27-17(15)19/h2-5,9-11,20,23H,6-8H2,1H3. The van der Waals surface area contributed by atoms with Crippen LogP contribution in [0.25, 0.3) is 0 Å². The predicted molar refractivity (Wildman–Crippen MR) is 107 cm³/mol. The van der Waals surface area contributed by atoms with E-state index in [0.717, 1.165) is 5.56 Å². The van der Waals surface area contributed by atoms with Crippen LogP contribution in [0.1, 0.15) is 30.7 Å². The van der Waals surface area contributed by atoms with Crippen molar-refractivity contribution >= 4 is 50.3 Å². The molecule has 11 heteroatoms. The normalized spacial score (nSPS) is 20.5. The van der Waals surface area contributed by atoms with Crippen molar-refractivity contribution in [3.8, 4) is 5.75 Å². The fourth-order valence-electron chi connectivity index (χ4n) is 3.18. The van der Waals surface area contributed by atoms with Crippen LogP contribution < -0.4 is 9.57 Å². The second kappa shape index (κ2) is 8.66. The summed E-state index contributed by atoms with van der Waals surface area (Å²) in [4.78, 5) is 14.2. The molecule has 3 rings (SSSR count). The molecule has 2 N–H and O–H groups in total. The van der Waals surface area contributed by atoms with Crippen molar-refractivity contribution in [2.24, 2.45) is 0 Å². The zero-order valence-corrected chi connectivity index (χ0v) is 17.9. The molecule has 0 aliphatic heterocycles. The smallest absolute Gasteiger partial charge is 0.255 e. The van der Waals surface area contributed by atoms with E-state index in [-0.39, 0.29) is 29.4 Å². The number of rotatable bonds is 6. The van der Waals surface area contributed by atoms with Gasteiger partial charge in [-0.1, -0.05) is 23.2 Å². The van der Waals surface area contributed by atoms with Crippen molar-refractivity contribution in [3.05, 3.63) is 44.6 Å². The quantitative estimate of drug-likeness (QED) is 0.630. The summed E-state index contributed by atoms with van der Waals surface area (Å²) in [6, 6.07) is 6.69. The Hall–Kier alpha value is -1.20. The Labute approximate surface area is 176 Å². The third kappa shape index (κ3) is 4.85. The molecule has 1 aliphatic rings. The first-order valence-electron chi connectivity index (χ1n) is 8.30. The number of hydrogen-bond acceptors (Lipinski definition) is 7. The number of carbonyl (C=O) groups is 1. The Bertz CT molecular complexity index is 962. The second-order valence-corrected chi connectivity index (χ2v) is 10.4. The Morgan fingerprint density at radius 1 is 1.25 bits per heavy atom. The number of nitrogens with one attached hydrogen (secondary N) is 1. The van der Waals surface area contributed by atoms with Crippen molar-refractivity contribution in [2.45, 2.75) is 36.1 Å². The minimum atomic E-state index is -4.02. The van der Waals surface area contributed by atoms with E-state index in [0.29, 0.717) is 26.0 Å². The molecular weight excluding hydrogens is 447 g/mol. The number of sulfonamides is 1. The highest BCUT2D eigenvalue weighted by atomic mass is 35.5. The summed E-state index contributed by atoms with van der Waals surface area (Å²) < 4.78 is 31.0. The average molecular weight is 465 g/mol. The minimum absolute atomic E-state index is 0.0214. The highest BCUT2D eigenvalue weighted by Gasteiger charge is 2.35. The van der Waals surface area contributed by atoms with Gasteiger partial charge in [-0.05, 0) is 48.2 Å². The van der Waals surface area contributed by atoms with Gasteiger partial charge in [0.1, 0.15) is 11.5 Å². The fraction of sp³-hybridized carbons (Fsp3) is 0.353. The van der Waals surface area contributed by atoms with E-state index < -0.39 is 16.1 Å². The number of hydrogen-bond donors (Lipinski definition) is 2. The lowest BCUT2D eigenvalue weighted by atomic mass is 9.82. The number of thiophene rings is 1. The van der Waals surface area contributed by atoms with Crippen molar-refractivity contribution in [3.63, 3.8) is 0 Å². The molecule has 1 heterocycles. The fourth-order valence-corrected chi connectivity index (χ4v) is 5.80. The molecule has 1 aliphatic carbocycles. The van der Waals surface area contributed by atoms with E-state index in [2.05, 4.69) is 4.83 Å². The number of hydroxylamine groups is 1. The summed E-state index contributed by atoms with van der Waals surface area (Å²) in [6.07, 6.45) is 0.635. The molecule has 0 radical (unpaired) electrons. The van der Waals surface area contributed by atoms with Gasteiger partial charge in [-0.2, -0.15) is 0 Å². The summed E-state index contributed by atoms with van der Waals surface area (Å²) in [5.41, 5.74) is 0.737. The van der Waals surface area contributed by atoms with Gasteiger partial charge < -0.3 is 4.74 Å². The summed E-state index contributed by atoms with van der Waals surface area (Å²) in [6.45, 7) is 0. The van der Waals surface area contributed by atoms with Crippen LogP contribution in [0.3, 0.4) is 0 Å². The Balaban J connectivity index is 1.74.